The van der Waals surface area contributed by atoms with Gasteiger partial charge in [0.05, 0.1) is 18.1 Å². The first-order chi connectivity index (χ1) is 12.2. The van der Waals surface area contributed by atoms with Crippen LogP contribution in [0.25, 0.3) is 28.1 Å². The fraction of sp³-hybridized carbons (Fsp3) is 0.0526. The molecule has 0 aliphatic carbocycles. The largest absolute Gasteiger partial charge is 0.508 e. The summed E-state index contributed by atoms with van der Waals surface area (Å²) in [7, 11) is 1.37. The van der Waals surface area contributed by atoms with Crippen LogP contribution in [0.15, 0.2) is 60.0 Å². The van der Waals surface area contributed by atoms with Gasteiger partial charge < -0.3 is 9.84 Å². The van der Waals surface area contributed by atoms with Crippen molar-refractivity contribution in [2.24, 2.45) is 0 Å². The number of nitrogens with zero attached hydrogens (tertiary/aromatic N) is 2. The summed E-state index contributed by atoms with van der Waals surface area (Å²) in [5.74, 6) is 0.475. The van der Waals surface area contributed by atoms with E-state index in [4.69, 9.17) is 9.72 Å². The van der Waals surface area contributed by atoms with E-state index in [2.05, 4.69) is 0 Å². The zero-order valence-corrected chi connectivity index (χ0v) is 14.2. The lowest BCUT2D eigenvalue weighted by Crippen LogP contribution is -2.03. The van der Waals surface area contributed by atoms with Crippen LogP contribution in [-0.4, -0.2) is 27.7 Å². The van der Waals surface area contributed by atoms with Gasteiger partial charge in [-0.25, -0.2) is 9.78 Å². The van der Waals surface area contributed by atoms with Gasteiger partial charge >= 0.3 is 5.97 Å². The Balaban J connectivity index is 2.02. The van der Waals surface area contributed by atoms with Crippen molar-refractivity contribution in [2.45, 2.75) is 0 Å². The van der Waals surface area contributed by atoms with Crippen LogP contribution in [0.1, 0.15) is 9.67 Å². The molecule has 0 aliphatic rings. The molecule has 1 N–H and O–H groups in total. The third kappa shape index (κ3) is 2.56. The average Bonchev–Trinajstić information content (AvgIpc) is 3.26. The number of hydrogen-bond donors (Lipinski definition) is 1. The van der Waals surface area contributed by atoms with Crippen LogP contribution in [0.3, 0.4) is 0 Å². The van der Waals surface area contributed by atoms with Crippen molar-refractivity contribution in [1.29, 1.82) is 0 Å². The monoisotopic (exact) mass is 350 g/mol. The van der Waals surface area contributed by atoms with E-state index in [0.29, 0.717) is 10.7 Å². The third-order valence-electron chi connectivity index (χ3n) is 3.95. The number of fused-ring (bicyclic) bond motifs is 1. The summed E-state index contributed by atoms with van der Waals surface area (Å²) >= 11 is 1.33. The number of thiophene rings is 1. The number of carbonyl (C=O) groups is 1. The van der Waals surface area contributed by atoms with E-state index in [1.807, 2.05) is 52.4 Å². The standard InChI is InChI=1S/C19H14N2O3S/c1-24-19(23)17-14(10-11-25-17)18-20-15-4-2-3-5-16(15)21(18)12-6-8-13(22)9-7-12/h2-11,22H,1H3. The molecule has 4 rings (SSSR count). The highest BCUT2D eigenvalue weighted by atomic mass is 32.1. The first-order valence-corrected chi connectivity index (χ1v) is 8.50. The minimum Gasteiger partial charge on any atom is -0.508 e. The first-order valence-electron chi connectivity index (χ1n) is 7.62. The number of aromatic hydroxyl groups is 1. The van der Waals surface area contributed by atoms with Gasteiger partial charge in [-0.15, -0.1) is 11.3 Å². The number of phenols is 1. The highest BCUT2D eigenvalue weighted by Crippen LogP contribution is 2.33. The molecule has 0 atom stereocenters. The second kappa shape index (κ2) is 6.07. The molecule has 0 saturated carbocycles. The molecule has 0 unspecified atom stereocenters. The average molecular weight is 350 g/mol. The van der Waals surface area contributed by atoms with Crippen LogP contribution in [0.4, 0.5) is 0 Å². The molecule has 0 aliphatic heterocycles. The van der Waals surface area contributed by atoms with Crippen LogP contribution in [0.5, 0.6) is 5.75 Å². The number of para-hydroxylation sites is 2. The maximum Gasteiger partial charge on any atom is 0.348 e. The van der Waals surface area contributed by atoms with Crippen molar-refractivity contribution >= 4 is 28.3 Å². The maximum absolute atomic E-state index is 12.1. The summed E-state index contributed by atoms with van der Waals surface area (Å²) in [5, 5.41) is 11.4. The second-order valence-electron chi connectivity index (χ2n) is 5.43. The number of rotatable bonds is 3. The number of methoxy groups -OCH3 is 1. The van der Waals surface area contributed by atoms with E-state index in [-0.39, 0.29) is 11.7 Å². The summed E-state index contributed by atoms with van der Waals surface area (Å²) < 4.78 is 6.87. The number of ether oxygens (including phenoxy) is 1. The van der Waals surface area contributed by atoms with Crippen LogP contribution in [-0.2, 0) is 4.74 Å². The smallest absolute Gasteiger partial charge is 0.348 e. The number of phenolic OH excluding ortho intramolecular Hbond substituents is 1. The number of imidazole rings is 1. The molecule has 4 aromatic rings. The van der Waals surface area contributed by atoms with Gasteiger partial charge in [0.2, 0.25) is 0 Å². The van der Waals surface area contributed by atoms with E-state index in [9.17, 15) is 9.90 Å². The lowest BCUT2D eigenvalue weighted by molar-refractivity contribution is 0.0607. The van der Waals surface area contributed by atoms with Gasteiger partial charge in [-0.1, -0.05) is 12.1 Å². The molecule has 6 heteroatoms. The Labute approximate surface area is 147 Å². The zero-order chi connectivity index (χ0) is 17.4. The van der Waals surface area contributed by atoms with Crippen LogP contribution < -0.4 is 0 Å². The first kappa shape index (κ1) is 15.4. The Morgan fingerprint density at radius 2 is 1.88 bits per heavy atom. The molecule has 124 valence electrons. The summed E-state index contributed by atoms with van der Waals surface area (Å²) in [4.78, 5) is 17.3. The number of hydrogen-bond acceptors (Lipinski definition) is 5. The van der Waals surface area contributed by atoms with E-state index in [1.165, 1.54) is 18.4 Å². The van der Waals surface area contributed by atoms with Crippen LogP contribution in [0.2, 0.25) is 0 Å². The highest BCUT2D eigenvalue weighted by Gasteiger charge is 2.21. The van der Waals surface area contributed by atoms with Crippen molar-refractivity contribution in [3.63, 3.8) is 0 Å². The third-order valence-corrected chi connectivity index (χ3v) is 4.84. The molecule has 2 aromatic heterocycles. The summed E-state index contributed by atoms with van der Waals surface area (Å²) in [6.45, 7) is 0. The lowest BCUT2D eigenvalue weighted by atomic mass is 10.2. The molecule has 0 bridgehead atoms. The Hall–Kier alpha value is -3.12. The highest BCUT2D eigenvalue weighted by molar-refractivity contribution is 7.12. The van der Waals surface area contributed by atoms with E-state index in [0.717, 1.165) is 22.3 Å². The number of aromatic nitrogens is 2. The van der Waals surface area contributed by atoms with Crippen LogP contribution in [0, 0.1) is 0 Å². The number of esters is 1. The molecular formula is C19H14N2O3S. The van der Waals surface area contributed by atoms with Gasteiger partial charge in [-0.3, -0.25) is 4.57 Å². The van der Waals surface area contributed by atoms with Gasteiger partial charge in [0, 0.05) is 11.3 Å². The molecule has 0 amide bonds. The van der Waals surface area contributed by atoms with E-state index < -0.39 is 0 Å². The summed E-state index contributed by atoms with van der Waals surface area (Å²) in [5.41, 5.74) is 3.32. The molecule has 0 spiro atoms. The fourth-order valence-corrected chi connectivity index (χ4v) is 3.61. The maximum atomic E-state index is 12.1. The van der Waals surface area contributed by atoms with Crippen molar-refractivity contribution in [2.75, 3.05) is 7.11 Å². The number of benzene rings is 2. The van der Waals surface area contributed by atoms with E-state index >= 15 is 0 Å². The fourth-order valence-electron chi connectivity index (χ4n) is 2.81. The van der Waals surface area contributed by atoms with Crippen LogP contribution >= 0.6 is 11.3 Å². The Morgan fingerprint density at radius 1 is 1.12 bits per heavy atom. The molecule has 0 radical (unpaired) electrons. The molecule has 2 heterocycles. The minimum absolute atomic E-state index is 0.195. The van der Waals surface area contributed by atoms with E-state index in [1.54, 1.807) is 12.1 Å². The van der Waals surface area contributed by atoms with Crippen molar-refractivity contribution in [3.8, 4) is 22.8 Å². The molecule has 2 aromatic carbocycles. The quantitative estimate of drug-likeness (QED) is 0.561. The van der Waals surface area contributed by atoms with Gasteiger partial charge in [-0.05, 0) is 47.8 Å². The van der Waals surface area contributed by atoms with Gasteiger partial charge in [0.1, 0.15) is 16.5 Å². The molecular weight excluding hydrogens is 336 g/mol. The molecule has 25 heavy (non-hydrogen) atoms. The van der Waals surface area contributed by atoms with Gasteiger partial charge in [0.25, 0.3) is 0 Å². The molecule has 0 saturated heterocycles. The van der Waals surface area contributed by atoms with Crippen molar-refractivity contribution in [3.05, 3.63) is 64.9 Å². The van der Waals surface area contributed by atoms with Crippen molar-refractivity contribution in [1.82, 2.24) is 9.55 Å². The van der Waals surface area contributed by atoms with Crippen molar-refractivity contribution < 1.29 is 14.6 Å². The Kier molecular flexibility index (Phi) is 3.74. The summed E-state index contributed by atoms with van der Waals surface area (Å²) in [6, 6.07) is 16.5. The van der Waals surface area contributed by atoms with Gasteiger partial charge in [-0.2, -0.15) is 0 Å². The molecule has 5 nitrogen and oxygen atoms in total. The SMILES string of the molecule is COC(=O)c1sccc1-c1nc2ccccc2n1-c1ccc(O)cc1. The predicted molar refractivity (Wildman–Crippen MR) is 97.4 cm³/mol. The van der Waals surface area contributed by atoms with Gasteiger partial charge in [0.15, 0.2) is 0 Å². The second-order valence-corrected chi connectivity index (χ2v) is 6.35. The topological polar surface area (TPSA) is 64.3 Å². The Bertz CT molecular complexity index is 1060. The minimum atomic E-state index is -0.380. The number of carbonyl (C=O) groups excluding carboxylic acids is 1. The normalized spacial score (nSPS) is 10.9. The lowest BCUT2D eigenvalue weighted by Gasteiger charge is -2.10. The molecule has 0 fully saturated rings. The predicted octanol–water partition coefficient (Wildman–Crippen LogP) is 4.25. The zero-order valence-electron chi connectivity index (χ0n) is 13.3. The Morgan fingerprint density at radius 3 is 2.64 bits per heavy atom. The summed E-state index contributed by atoms with van der Waals surface area (Å²) in [6.07, 6.45) is 0.